The molecule has 24 heavy (non-hydrogen) atoms. The molecule has 0 unspecified atom stereocenters. The summed E-state index contributed by atoms with van der Waals surface area (Å²) >= 11 is 0. The van der Waals surface area contributed by atoms with Crippen LogP contribution in [0.5, 0.6) is 5.75 Å². The fourth-order valence-corrected chi connectivity index (χ4v) is 2.11. The largest absolute Gasteiger partial charge is 0.488 e. The van der Waals surface area contributed by atoms with Gasteiger partial charge >= 0.3 is 0 Å². The van der Waals surface area contributed by atoms with Crippen molar-refractivity contribution in [1.29, 1.82) is 0 Å². The van der Waals surface area contributed by atoms with Crippen molar-refractivity contribution < 1.29 is 9.53 Å². The lowest BCUT2D eigenvalue weighted by molar-refractivity contribution is 0.0941. The first-order valence-corrected chi connectivity index (χ1v) is 7.70. The molecule has 130 valence electrons. The average Bonchev–Trinajstić information content (AvgIpc) is 2.51. The van der Waals surface area contributed by atoms with Crippen molar-refractivity contribution in [2.75, 3.05) is 6.54 Å². The van der Waals surface area contributed by atoms with Gasteiger partial charge < -0.3 is 15.8 Å². The summed E-state index contributed by atoms with van der Waals surface area (Å²) in [6, 6.07) is 15.3. The Kier molecular flexibility index (Phi) is 7.26. The van der Waals surface area contributed by atoms with Crippen LogP contribution in [-0.2, 0) is 6.61 Å². The molecule has 3 N–H and O–H groups in total. The van der Waals surface area contributed by atoms with Crippen LogP contribution in [0.25, 0.3) is 0 Å². The zero-order chi connectivity index (χ0) is 16.9. The summed E-state index contributed by atoms with van der Waals surface area (Å²) < 4.78 is 5.87. The van der Waals surface area contributed by atoms with E-state index in [2.05, 4.69) is 5.32 Å². The number of aryl methyl sites for hydroxylation is 1. The second-order valence-electron chi connectivity index (χ2n) is 6.38. The standard InChI is InChI=1S/C19H24N2O2.ClH/c1-14-8-4-5-9-15(14)12-23-17-11-7-6-10-16(17)18(22)21-13-19(2,3)20;/h4-11H,12-13,20H2,1-3H3,(H,21,22);1H. The van der Waals surface area contributed by atoms with Gasteiger partial charge in [0.2, 0.25) is 0 Å². The minimum atomic E-state index is -0.452. The SMILES string of the molecule is Cc1ccccc1COc1ccccc1C(=O)NCC(C)(C)N.Cl. The Morgan fingerprint density at radius 3 is 2.42 bits per heavy atom. The fraction of sp³-hybridized carbons (Fsp3) is 0.316. The van der Waals surface area contributed by atoms with Crippen molar-refractivity contribution >= 4 is 18.3 Å². The third-order valence-electron chi connectivity index (χ3n) is 3.48. The zero-order valence-corrected chi connectivity index (χ0v) is 15.2. The van der Waals surface area contributed by atoms with Crippen molar-refractivity contribution in [2.45, 2.75) is 32.9 Å². The van der Waals surface area contributed by atoms with Gasteiger partial charge in [0.15, 0.2) is 0 Å². The van der Waals surface area contributed by atoms with E-state index < -0.39 is 5.54 Å². The van der Waals surface area contributed by atoms with Gasteiger partial charge in [0.05, 0.1) is 5.56 Å². The maximum absolute atomic E-state index is 12.3. The molecule has 2 aromatic carbocycles. The third kappa shape index (κ3) is 5.87. The average molecular weight is 349 g/mol. The normalized spacial score (nSPS) is 10.7. The van der Waals surface area contributed by atoms with Gasteiger partial charge in [-0.25, -0.2) is 0 Å². The highest BCUT2D eigenvalue weighted by Gasteiger charge is 2.16. The molecule has 0 heterocycles. The number of carbonyl (C=O) groups is 1. The number of nitrogens with one attached hydrogen (secondary N) is 1. The van der Waals surface area contributed by atoms with Crippen LogP contribution in [0.15, 0.2) is 48.5 Å². The summed E-state index contributed by atoms with van der Waals surface area (Å²) in [7, 11) is 0. The number of carbonyl (C=O) groups excluding carboxylic acids is 1. The number of ether oxygens (including phenoxy) is 1. The Labute approximate surface area is 149 Å². The molecule has 1 amide bonds. The van der Waals surface area contributed by atoms with Crippen LogP contribution in [0.3, 0.4) is 0 Å². The van der Waals surface area contributed by atoms with Crippen LogP contribution in [0.1, 0.15) is 35.3 Å². The van der Waals surface area contributed by atoms with Gasteiger partial charge in [-0.15, -0.1) is 12.4 Å². The lowest BCUT2D eigenvalue weighted by atomic mass is 10.1. The molecule has 0 aliphatic carbocycles. The van der Waals surface area contributed by atoms with Crippen LogP contribution in [0.2, 0.25) is 0 Å². The summed E-state index contributed by atoms with van der Waals surface area (Å²) in [5, 5.41) is 2.84. The Balaban J connectivity index is 0.00000288. The molecule has 0 bridgehead atoms. The van der Waals surface area contributed by atoms with Crippen molar-refractivity contribution in [2.24, 2.45) is 5.73 Å². The molecular weight excluding hydrogens is 324 g/mol. The topological polar surface area (TPSA) is 64.3 Å². The van der Waals surface area contributed by atoms with Crippen LogP contribution in [-0.4, -0.2) is 18.0 Å². The van der Waals surface area contributed by atoms with E-state index >= 15 is 0 Å². The van der Waals surface area contributed by atoms with Crippen molar-refractivity contribution in [1.82, 2.24) is 5.32 Å². The van der Waals surface area contributed by atoms with E-state index in [1.165, 1.54) is 5.56 Å². The van der Waals surface area contributed by atoms with Crippen LogP contribution < -0.4 is 15.8 Å². The lowest BCUT2D eigenvalue weighted by Crippen LogP contribution is -2.45. The van der Waals surface area contributed by atoms with Gasteiger partial charge in [-0.3, -0.25) is 4.79 Å². The van der Waals surface area contributed by atoms with E-state index in [1.54, 1.807) is 12.1 Å². The van der Waals surface area contributed by atoms with Gasteiger partial charge in [-0.05, 0) is 44.0 Å². The highest BCUT2D eigenvalue weighted by molar-refractivity contribution is 5.96. The van der Waals surface area contributed by atoms with E-state index in [9.17, 15) is 4.79 Å². The van der Waals surface area contributed by atoms with Crippen molar-refractivity contribution in [3.05, 3.63) is 65.2 Å². The number of benzene rings is 2. The minimum absolute atomic E-state index is 0. The zero-order valence-electron chi connectivity index (χ0n) is 14.3. The van der Waals surface area contributed by atoms with E-state index in [-0.39, 0.29) is 18.3 Å². The molecule has 0 aromatic heterocycles. The maximum atomic E-state index is 12.3. The molecule has 0 saturated heterocycles. The van der Waals surface area contributed by atoms with Gasteiger partial charge in [0, 0.05) is 12.1 Å². The molecule has 4 nitrogen and oxygen atoms in total. The Morgan fingerprint density at radius 2 is 1.75 bits per heavy atom. The predicted octanol–water partition coefficient (Wildman–Crippen LogP) is 3.46. The van der Waals surface area contributed by atoms with Gasteiger partial charge in [0.25, 0.3) is 5.91 Å². The Bertz CT molecular complexity index is 681. The first kappa shape index (κ1) is 20.0. The molecule has 0 aliphatic rings. The predicted molar refractivity (Wildman–Crippen MR) is 99.8 cm³/mol. The maximum Gasteiger partial charge on any atom is 0.255 e. The molecule has 5 heteroatoms. The Hall–Kier alpha value is -2.04. The summed E-state index contributed by atoms with van der Waals surface area (Å²) in [6.45, 7) is 6.61. The van der Waals surface area contributed by atoms with E-state index in [0.717, 1.165) is 5.56 Å². The van der Waals surface area contributed by atoms with Gasteiger partial charge in [-0.2, -0.15) is 0 Å². The van der Waals surface area contributed by atoms with E-state index in [1.807, 2.05) is 57.2 Å². The number of hydrogen-bond acceptors (Lipinski definition) is 3. The van der Waals surface area contributed by atoms with Gasteiger partial charge in [-0.1, -0.05) is 36.4 Å². The number of rotatable bonds is 6. The fourth-order valence-electron chi connectivity index (χ4n) is 2.11. The molecule has 0 saturated carbocycles. The summed E-state index contributed by atoms with van der Waals surface area (Å²) in [5.41, 5.74) is 8.24. The molecule has 2 rings (SSSR count). The summed E-state index contributed by atoms with van der Waals surface area (Å²) in [6.07, 6.45) is 0. The second kappa shape index (κ2) is 8.71. The molecule has 0 fully saturated rings. The summed E-state index contributed by atoms with van der Waals surface area (Å²) in [4.78, 5) is 12.3. The molecular formula is C19H25ClN2O2. The minimum Gasteiger partial charge on any atom is -0.488 e. The van der Waals surface area contributed by atoms with Crippen LogP contribution >= 0.6 is 12.4 Å². The first-order valence-electron chi connectivity index (χ1n) is 7.70. The quantitative estimate of drug-likeness (QED) is 0.840. The number of nitrogens with two attached hydrogens (primary N) is 1. The van der Waals surface area contributed by atoms with Gasteiger partial charge in [0.1, 0.15) is 12.4 Å². The Morgan fingerprint density at radius 1 is 1.12 bits per heavy atom. The second-order valence-corrected chi connectivity index (χ2v) is 6.38. The molecule has 0 radical (unpaired) electrons. The van der Waals surface area contributed by atoms with Crippen LogP contribution in [0.4, 0.5) is 0 Å². The van der Waals surface area contributed by atoms with Crippen molar-refractivity contribution in [3.63, 3.8) is 0 Å². The summed E-state index contributed by atoms with van der Waals surface area (Å²) in [5.74, 6) is 0.395. The number of halogens is 1. The molecule has 2 aromatic rings. The lowest BCUT2D eigenvalue weighted by Gasteiger charge is -2.19. The van der Waals surface area contributed by atoms with Crippen molar-refractivity contribution in [3.8, 4) is 5.75 Å². The highest BCUT2D eigenvalue weighted by atomic mass is 35.5. The highest BCUT2D eigenvalue weighted by Crippen LogP contribution is 2.20. The first-order chi connectivity index (χ1) is 10.9. The molecule has 0 spiro atoms. The number of amides is 1. The number of hydrogen-bond donors (Lipinski definition) is 2. The third-order valence-corrected chi connectivity index (χ3v) is 3.48. The molecule has 0 aliphatic heterocycles. The molecule has 0 atom stereocenters. The monoisotopic (exact) mass is 348 g/mol. The van der Waals surface area contributed by atoms with Crippen LogP contribution in [0, 0.1) is 6.92 Å². The smallest absolute Gasteiger partial charge is 0.255 e. The van der Waals surface area contributed by atoms with E-state index in [4.69, 9.17) is 10.5 Å². The van der Waals surface area contributed by atoms with E-state index in [0.29, 0.717) is 24.5 Å². The number of para-hydroxylation sites is 1.